The van der Waals surface area contributed by atoms with Gasteiger partial charge < -0.3 is 10.6 Å². The highest BCUT2D eigenvalue weighted by atomic mass is 16.2. The summed E-state index contributed by atoms with van der Waals surface area (Å²) in [5.41, 5.74) is 0. The van der Waals surface area contributed by atoms with Gasteiger partial charge in [0, 0.05) is 25.2 Å². The van der Waals surface area contributed by atoms with Crippen LogP contribution in [-0.4, -0.2) is 49.6 Å². The summed E-state index contributed by atoms with van der Waals surface area (Å²) in [6.07, 6.45) is 7.37. The molecule has 4 nitrogen and oxygen atoms in total. The van der Waals surface area contributed by atoms with E-state index in [1.165, 1.54) is 32.1 Å². The fraction of sp³-hybridized carbons (Fsp3) is 0.933. The van der Waals surface area contributed by atoms with E-state index in [1.807, 2.05) is 7.05 Å². The molecule has 1 aliphatic carbocycles. The van der Waals surface area contributed by atoms with Gasteiger partial charge in [0.05, 0.1) is 6.54 Å². The fourth-order valence-corrected chi connectivity index (χ4v) is 3.53. The number of rotatable bonds is 4. The van der Waals surface area contributed by atoms with Crippen LogP contribution in [0.4, 0.5) is 0 Å². The molecule has 1 saturated carbocycles. The maximum atomic E-state index is 12.1. The van der Waals surface area contributed by atoms with Gasteiger partial charge in [-0.2, -0.15) is 0 Å². The molecule has 0 aromatic heterocycles. The Balaban J connectivity index is 1.70. The highest BCUT2D eigenvalue weighted by Crippen LogP contribution is 2.18. The zero-order chi connectivity index (χ0) is 13.7. The minimum atomic E-state index is 0.224. The summed E-state index contributed by atoms with van der Waals surface area (Å²) in [7, 11) is 2.03. The molecule has 0 spiro atoms. The number of carbonyl (C=O) groups is 1. The summed E-state index contributed by atoms with van der Waals surface area (Å²) in [4.78, 5) is 14.4. The first-order valence-electron chi connectivity index (χ1n) is 7.88. The van der Waals surface area contributed by atoms with Crippen molar-refractivity contribution in [2.75, 3.05) is 26.7 Å². The Morgan fingerprint density at radius 2 is 1.95 bits per heavy atom. The molecule has 0 radical (unpaired) electrons. The van der Waals surface area contributed by atoms with E-state index in [-0.39, 0.29) is 5.91 Å². The Kier molecular flexibility index (Phi) is 5.64. The molecule has 2 unspecified atom stereocenters. The molecule has 0 aromatic carbocycles. The molecule has 2 N–H and O–H groups in total. The predicted octanol–water partition coefficient (Wildman–Crippen LogP) is 1.37. The monoisotopic (exact) mass is 267 g/mol. The highest BCUT2D eigenvalue weighted by Gasteiger charge is 2.26. The van der Waals surface area contributed by atoms with Gasteiger partial charge in [0.25, 0.3) is 0 Å². The number of likely N-dealkylation sites (tertiary alicyclic amines) is 1. The lowest BCUT2D eigenvalue weighted by atomic mass is 9.94. The van der Waals surface area contributed by atoms with Crippen LogP contribution in [-0.2, 0) is 4.79 Å². The second-order valence-corrected chi connectivity index (χ2v) is 6.30. The molecular weight excluding hydrogens is 238 g/mol. The second kappa shape index (κ2) is 7.25. The summed E-state index contributed by atoms with van der Waals surface area (Å²) in [6.45, 7) is 4.92. The zero-order valence-corrected chi connectivity index (χ0v) is 12.5. The van der Waals surface area contributed by atoms with Crippen molar-refractivity contribution in [2.45, 2.75) is 57.5 Å². The molecule has 110 valence electrons. The Labute approximate surface area is 117 Å². The SMILES string of the molecule is CNC1CCN(CC(=O)NC2CCCCC2)CC1C. The van der Waals surface area contributed by atoms with Gasteiger partial charge in [-0.3, -0.25) is 9.69 Å². The number of carbonyl (C=O) groups excluding carboxylic acids is 1. The first kappa shape index (κ1) is 14.8. The number of nitrogens with one attached hydrogen (secondary N) is 2. The zero-order valence-electron chi connectivity index (χ0n) is 12.5. The maximum Gasteiger partial charge on any atom is 0.234 e. The normalized spacial score (nSPS) is 30.2. The summed E-state index contributed by atoms with van der Waals surface area (Å²) < 4.78 is 0. The molecule has 2 rings (SSSR count). The molecule has 0 bridgehead atoms. The van der Waals surface area contributed by atoms with Crippen LogP contribution < -0.4 is 10.6 Å². The third-order valence-electron chi connectivity index (χ3n) is 4.70. The summed E-state index contributed by atoms with van der Waals surface area (Å²) in [6, 6.07) is 1.05. The summed E-state index contributed by atoms with van der Waals surface area (Å²) >= 11 is 0. The lowest BCUT2D eigenvalue weighted by Crippen LogP contribution is -2.50. The number of hydrogen-bond donors (Lipinski definition) is 2. The third kappa shape index (κ3) is 4.46. The molecule has 1 heterocycles. The van der Waals surface area contributed by atoms with Crippen molar-refractivity contribution >= 4 is 5.91 Å². The van der Waals surface area contributed by atoms with Gasteiger partial charge in [0.2, 0.25) is 5.91 Å². The average molecular weight is 267 g/mol. The standard InChI is InChI=1S/C15H29N3O/c1-12-10-18(9-8-14(12)16-2)11-15(19)17-13-6-4-3-5-7-13/h12-14,16H,3-11H2,1-2H3,(H,17,19). The van der Waals surface area contributed by atoms with Crippen LogP contribution in [0.25, 0.3) is 0 Å². The van der Waals surface area contributed by atoms with E-state index in [2.05, 4.69) is 22.5 Å². The van der Waals surface area contributed by atoms with Crippen LogP contribution >= 0.6 is 0 Å². The Morgan fingerprint density at radius 1 is 1.21 bits per heavy atom. The van der Waals surface area contributed by atoms with Crippen molar-refractivity contribution in [1.29, 1.82) is 0 Å². The van der Waals surface area contributed by atoms with Crippen LogP contribution in [0, 0.1) is 5.92 Å². The molecular formula is C15H29N3O. The van der Waals surface area contributed by atoms with Crippen molar-refractivity contribution in [3.05, 3.63) is 0 Å². The molecule has 1 saturated heterocycles. The molecule has 0 aromatic rings. The molecule has 2 atom stereocenters. The van der Waals surface area contributed by atoms with Crippen LogP contribution in [0.1, 0.15) is 45.4 Å². The van der Waals surface area contributed by atoms with E-state index < -0.39 is 0 Å². The van der Waals surface area contributed by atoms with Crippen molar-refractivity contribution < 1.29 is 4.79 Å². The minimum Gasteiger partial charge on any atom is -0.352 e. The Bertz CT molecular complexity index is 289. The first-order chi connectivity index (χ1) is 9.19. The van der Waals surface area contributed by atoms with Crippen LogP contribution in [0.3, 0.4) is 0 Å². The Morgan fingerprint density at radius 3 is 2.58 bits per heavy atom. The number of amides is 1. The molecule has 4 heteroatoms. The van der Waals surface area contributed by atoms with Gasteiger partial charge in [-0.15, -0.1) is 0 Å². The first-order valence-corrected chi connectivity index (χ1v) is 7.88. The lowest BCUT2D eigenvalue weighted by Gasteiger charge is -2.36. The summed E-state index contributed by atoms with van der Waals surface area (Å²) in [5.74, 6) is 0.850. The second-order valence-electron chi connectivity index (χ2n) is 6.30. The van der Waals surface area contributed by atoms with Crippen LogP contribution in [0.2, 0.25) is 0 Å². The number of hydrogen-bond acceptors (Lipinski definition) is 3. The molecule has 2 fully saturated rings. The van der Waals surface area contributed by atoms with E-state index >= 15 is 0 Å². The van der Waals surface area contributed by atoms with Gasteiger partial charge >= 0.3 is 0 Å². The van der Waals surface area contributed by atoms with Gasteiger partial charge in [-0.05, 0) is 32.2 Å². The number of nitrogens with zero attached hydrogens (tertiary/aromatic N) is 1. The van der Waals surface area contributed by atoms with Crippen molar-refractivity contribution in [3.63, 3.8) is 0 Å². The molecule has 1 amide bonds. The number of piperidine rings is 1. The predicted molar refractivity (Wildman–Crippen MR) is 78.1 cm³/mol. The lowest BCUT2D eigenvalue weighted by molar-refractivity contribution is -0.123. The average Bonchev–Trinajstić information content (AvgIpc) is 2.40. The van der Waals surface area contributed by atoms with Crippen LogP contribution in [0.15, 0.2) is 0 Å². The van der Waals surface area contributed by atoms with E-state index in [1.54, 1.807) is 0 Å². The van der Waals surface area contributed by atoms with Gasteiger partial charge in [-0.1, -0.05) is 26.2 Å². The van der Waals surface area contributed by atoms with E-state index in [0.29, 0.717) is 24.5 Å². The fourth-order valence-electron chi connectivity index (χ4n) is 3.53. The Hall–Kier alpha value is -0.610. The van der Waals surface area contributed by atoms with E-state index in [4.69, 9.17) is 0 Å². The quantitative estimate of drug-likeness (QED) is 0.808. The largest absolute Gasteiger partial charge is 0.352 e. The van der Waals surface area contributed by atoms with Crippen molar-refractivity contribution in [1.82, 2.24) is 15.5 Å². The van der Waals surface area contributed by atoms with Crippen molar-refractivity contribution in [2.24, 2.45) is 5.92 Å². The maximum absolute atomic E-state index is 12.1. The minimum absolute atomic E-state index is 0.224. The van der Waals surface area contributed by atoms with Gasteiger partial charge in [0.1, 0.15) is 0 Å². The summed E-state index contributed by atoms with van der Waals surface area (Å²) in [5, 5.41) is 6.58. The topological polar surface area (TPSA) is 44.4 Å². The van der Waals surface area contributed by atoms with Gasteiger partial charge in [-0.25, -0.2) is 0 Å². The molecule has 19 heavy (non-hydrogen) atoms. The molecule has 1 aliphatic heterocycles. The van der Waals surface area contributed by atoms with Crippen LogP contribution in [0.5, 0.6) is 0 Å². The smallest absolute Gasteiger partial charge is 0.234 e. The van der Waals surface area contributed by atoms with Gasteiger partial charge in [0.15, 0.2) is 0 Å². The highest BCUT2D eigenvalue weighted by molar-refractivity contribution is 5.78. The van der Waals surface area contributed by atoms with Crippen molar-refractivity contribution in [3.8, 4) is 0 Å². The molecule has 2 aliphatic rings. The van der Waals surface area contributed by atoms with E-state index in [0.717, 1.165) is 19.5 Å². The third-order valence-corrected chi connectivity index (χ3v) is 4.70. The van der Waals surface area contributed by atoms with E-state index in [9.17, 15) is 4.79 Å².